The number of rotatable bonds is 5. The SMILES string of the molecule is COC(=O)c1ccc(CNC(=O)NCc2cccc(Br)c2)cc1. The largest absolute Gasteiger partial charge is 0.465 e. The van der Waals surface area contributed by atoms with Crippen LogP contribution in [0, 0.1) is 0 Å². The number of benzene rings is 2. The van der Waals surface area contributed by atoms with Crippen LogP contribution in [0.15, 0.2) is 53.0 Å². The summed E-state index contributed by atoms with van der Waals surface area (Å²) in [5.41, 5.74) is 2.39. The Morgan fingerprint density at radius 1 is 1.00 bits per heavy atom. The molecule has 5 nitrogen and oxygen atoms in total. The summed E-state index contributed by atoms with van der Waals surface area (Å²) in [6, 6.07) is 14.4. The molecule has 0 aromatic heterocycles. The molecule has 0 atom stereocenters. The van der Waals surface area contributed by atoms with Crippen LogP contribution in [0.25, 0.3) is 0 Å². The standard InChI is InChI=1S/C17H17BrN2O3/c1-23-16(21)14-7-5-12(6-8-14)10-19-17(22)20-11-13-3-2-4-15(18)9-13/h2-9H,10-11H2,1H3,(H2,19,20,22). The smallest absolute Gasteiger partial charge is 0.337 e. The van der Waals surface area contributed by atoms with Gasteiger partial charge in [0.15, 0.2) is 0 Å². The van der Waals surface area contributed by atoms with Crippen LogP contribution >= 0.6 is 15.9 Å². The first-order valence-electron chi connectivity index (χ1n) is 7.02. The second kappa shape index (κ2) is 8.33. The molecule has 0 aliphatic carbocycles. The summed E-state index contributed by atoms with van der Waals surface area (Å²) in [4.78, 5) is 23.1. The number of esters is 1. The maximum absolute atomic E-state index is 11.8. The van der Waals surface area contributed by atoms with Crippen LogP contribution in [0.1, 0.15) is 21.5 Å². The highest BCUT2D eigenvalue weighted by Gasteiger charge is 2.05. The lowest BCUT2D eigenvalue weighted by atomic mass is 10.1. The Bertz CT molecular complexity index is 686. The molecule has 0 saturated carbocycles. The lowest BCUT2D eigenvalue weighted by Gasteiger charge is -2.08. The third-order valence-corrected chi connectivity index (χ3v) is 3.66. The number of carbonyl (C=O) groups excluding carboxylic acids is 2. The number of ether oxygens (including phenoxy) is 1. The zero-order valence-corrected chi connectivity index (χ0v) is 14.2. The molecule has 6 heteroatoms. The second-order valence-corrected chi connectivity index (χ2v) is 5.77. The normalized spacial score (nSPS) is 10.0. The summed E-state index contributed by atoms with van der Waals surface area (Å²) in [7, 11) is 1.34. The molecule has 0 radical (unpaired) electrons. The van der Waals surface area contributed by atoms with E-state index in [0.717, 1.165) is 15.6 Å². The van der Waals surface area contributed by atoms with Crippen LogP contribution in [0.4, 0.5) is 4.79 Å². The Morgan fingerprint density at radius 3 is 2.26 bits per heavy atom. The van der Waals surface area contributed by atoms with Gasteiger partial charge in [0, 0.05) is 17.6 Å². The second-order valence-electron chi connectivity index (χ2n) is 4.85. The summed E-state index contributed by atoms with van der Waals surface area (Å²) in [6.07, 6.45) is 0. The number of nitrogens with one attached hydrogen (secondary N) is 2. The molecule has 0 bridgehead atoms. The summed E-state index contributed by atoms with van der Waals surface area (Å²) < 4.78 is 5.61. The monoisotopic (exact) mass is 376 g/mol. The minimum absolute atomic E-state index is 0.248. The predicted molar refractivity (Wildman–Crippen MR) is 91.0 cm³/mol. The highest BCUT2D eigenvalue weighted by atomic mass is 79.9. The minimum Gasteiger partial charge on any atom is -0.465 e. The molecule has 2 rings (SSSR count). The van der Waals surface area contributed by atoms with E-state index >= 15 is 0 Å². The van der Waals surface area contributed by atoms with Gasteiger partial charge in [-0.3, -0.25) is 0 Å². The van der Waals surface area contributed by atoms with Crippen molar-refractivity contribution in [3.63, 3.8) is 0 Å². The average molecular weight is 377 g/mol. The average Bonchev–Trinajstić information content (AvgIpc) is 2.58. The van der Waals surface area contributed by atoms with Gasteiger partial charge < -0.3 is 15.4 Å². The molecule has 0 fully saturated rings. The molecule has 23 heavy (non-hydrogen) atoms. The van der Waals surface area contributed by atoms with Gasteiger partial charge in [-0.15, -0.1) is 0 Å². The lowest BCUT2D eigenvalue weighted by molar-refractivity contribution is 0.0600. The first kappa shape index (κ1) is 17.0. The van der Waals surface area contributed by atoms with Crippen molar-refractivity contribution < 1.29 is 14.3 Å². The maximum atomic E-state index is 11.8. The maximum Gasteiger partial charge on any atom is 0.337 e. The van der Waals surface area contributed by atoms with Gasteiger partial charge in [0.1, 0.15) is 0 Å². The van der Waals surface area contributed by atoms with Crippen LogP contribution in [0.2, 0.25) is 0 Å². The van der Waals surface area contributed by atoms with Gasteiger partial charge in [0.2, 0.25) is 0 Å². The van der Waals surface area contributed by atoms with Gasteiger partial charge in [-0.05, 0) is 35.4 Å². The Kier molecular flexibility index (Phi) is 6.17. The number of hydrogen-bond acceptors (Lipinski definition) is 3. The zero-order valence-electron chi connectivity index (χ0n) is 12.6. The number of halogens is 1. The van der Waals surface area contributed by atoms with Crippen molar-refractivity contribution in [3.8, 4) is 0 Å². The van der Waals surface area contributed by atoms with Gasteiger partial charge in [0.05, 0.1) is 12.7 Å². The first-order chi connectivity index (χ1) is 11.1. The number of urea groups is 1. The quantitative estimate of drug-likeness (QED) is 0.787. The van der Waals surface area contributed by atoms with Crippen molar-refractivity contribution in [2.24, 2.45) is 0 Å². The molecule has 2 aromatic carbocycles. The summed E-state index contributed by atoms with van der Waals surface area (Å²) >= 11 is 3.39. The molecule has 2 N–H and O–H groups in total. The third kappa shape index (κ3) is 5.41. The number of carbonyl (C=O) groups is 2. The van der Waals surface area contributed by atoms with E-state index in [0.29, 0.717) is 18.7 Å². The molecular weight excluding hydrogens is 360 g/mol. The molecule has 0 aliphatic heterocycles. The molecule has 2 amide bonds. The molecule has 0 heterocycles. The fourth-order valence-electron chi connectivity index (χ4n) is 1.95. The van der Waals surface area contributed by atoms with Crippen LogP contribution < -0.4 is 10.6 Å². The fraction of sp³-hybridized carbons (Fsp3) is 0.176. The van der Waals surface area contributed by atoms with Gasteiger partial charge in [-0.2, -0.15) is 0 Å². The molecule has 0 spiro atoms. The van der Waals surface area contributed by atoms with Gasteiger partial charge >= 0.3 is 12.0 Å². The van der Waals surface area contributed by atoms with E-state index in [1.54, 1.807) is 24.3 Å². The Labute approximate surface area is 143 Å². The molecule has 0 aliphatic rings. The van der Waals surface area contributed by atoms with Gasteiger partial charge in [-0.25, -0.2) is 9.59 Å². The van der Waals surface area contributed by atoms with E-state index in [1.807, 2.05) is 24.3 Å². The van der Waals surface area contributed by atoms with Crippen molar-refractivity contribution in [1.82, 2.24) is 10.6 Å². The Morgan fingerprint density at radius 2 is 1.65 bits per heavy atom. The van der Waals surface area contributed by atoms with Crippen molar-refractivity contribution in [3.05, 3.63) is 69.7 Å². The first-order valence-corrected chi connectivity index (χ1v) is 7.81. The van der Waals surface area contributed by atoms with E-state index in [9.17, 15) is 9.59 Å². The van der Waals surface area contributed by atoms with Crippen molar-refractivity contribution in [2.45, 2.75) is 13.1 Å². The summed E-state index contributed by atoms with van der Waals surface area (Å²) in [5, 5.41) is 5.56. The topological polar surface area (TPSA) is 67.4 Å². The van der Waals surface area contributed by atoms with E-state index in [-0.39, 0.29) is 12.0 Å². The van der Waals surface area contributed by atoms with E-state index < -0.39 is 0 Å². The van der Waals surface area contributed by atoms with Crippen LogP contribution in [0.5, 0.6) is 0 Å². The molecular formula is C17H17BrN2O3. The number of methoxy groups -OCH3 is 1. The lowest BCUT2D eigenvalue weighted by Crippen LogP contribution is -2.34. The van der Waals surface area contributed by atoms with Crippen molar-refractivity contribution in [1.29, 1.82) is 0 Å². The van der Waals surface area contributed by atoms with Crippen LogP contribution in [-0.4, -0.2) is 19.1 Å². The summed E-state index contributed by atoms with van der Waals surface area (Å²) in [6.45, 7) is 0.832. The van der Waals surface area contributed by atoms with Crippen molar-refractivity contribution in [2.75, 3.05) is 7.11 Å². The van der Waals surface area contributed by atoms with Crippen LogP contribution in [0.3, 0.4) is 0 Å². The van der Waals surface area contributed by atoms with E-state index in [4.69, 9.17) is 0 Å². The predicted octanol–water partition coefficient (Wildman–Crippen LogP) is 3.24. The molecule has 0 saturated heterocycles. The molecule has 120 valence electrons. The van der Waals surface area contributed by atoms with E-state index in [2.05, 4.69) is 31.3 Å². The van der Waals surface area contributed by atoms with Gasteiger partial charge in [0.25, 0.3) is 0 Å². The van der Waals surface area contributed by atoms with Crippen LogP contribution in [-0.2, 0) is 17.8 Å². The number of hydrogen-bond donors (Lipinski definition) is 2. The Balaban J connectivity index is 1.79. The zero-order chi connectivity index (χ0) is 16.7. The molecule has 2 aromatic rings. The van der Waals surface area contributed by atoms with E-state index in [1.165, 1.54) is 7.11 Å². The fourth-order valence-corrected chi connectivity index (χ4v) is 2.40. The highest BCUT2D eigenvalue weighted by Crippen LogP contribution is 2.11. The summed E-state index contributed by atoms with van der Waals surface area (Å²) in [5.74, 6) is -0.378. The van der Waals surface area contributed by atoms with Crippen molar-refractivity contribution >= 4 is 27.9 Å². The Hall–Kier alpha value is -2.34. The minimum atomic E-state index is -0.378. The number of amides is 2. The molecule has 0 unspecified atom stereocenters. The third-order valence-electron chi connectivity index (χ3n) is 3.17. The van der Waals surface area contributed by atoms with Gasteiger partial charge in [-0.1, -0.05) is 40.2 Å². The highest BCUT2D eigenvalue weighted by molar-refractivity contribution is 9.10.